The maximum Gasteiger partial charge on any atom is 0.261 e. The van der Waals surface area contributed by atoms with Gasteiger partial charge in [0.05, 0.1) is 11.1 Å². The second kappa shape index (κ2) is 4.89. The van der Waals surface area contributed by atoms with Crippen molar-refractivity contribution in [1.82, 2.24) is 4.90 Å². The van der Waals surface area contributed by atoms with Crippen LogP contribution >= 0.6 is 15.9 Å². The molecule has 0 aliphatic carbocycles. The number of anilines is 1. The van der Waals surface area contributed by atoms with Crippen LogP contribution in [0.2, 0.25) is 0 Å². The highest BCUT2D eigenvalue weighted by Gasteiger charge is 2.32. The number of carbonyl (C=O) groups is 3. The summed E-state index contributed by atoms with van der Waals surface area (Å²) in [7, 11) is 1.44. The Kier molecular flexibility index (Phi) is 3.47. The zero-order chi connectivity index (χ0) is 13.3. The van der Waals surface area contributed by atoms with Crippen LogP contribution in [0.1, 0.15) is 27.1 Å². The molecule has 6 heteroatoms. The van der Waals surface area contributed by atoms with Crippen molar-refractivity contribution in [2.75, 3.05) is 17.7 Å². The summed E-state index contributed by atoms with van der Waals surface area (Å²) in [5, 5.41) is 3.25. The molecule has 3 amide bonds. The van der Waals surface area contributed by atoms with Gasteiger partial charge < -0.3 is 5.32 Å². The third kappa shape index (κ3) is 2.15. The molecule has 5 nitrogen and oxygen atoms in total. The molecule has 0 radical (unpaired) electrons. The lowest BCUT2D eigenvalue weighted by molar-refractivity contribution is -0.115. The summed E-state index contributed by atoms with van der Waals surface area (Å²) in [6, 6.07) is 4.71. The van der Waals surface area contributed by atoms with Crippen LogP contribution in [0.15, 0.2) is 18.2 Å². The van der Waals surface area contributed by atoms with Gasteiger partial charge in [0.2, 0.25) is 5.91 Å². The average molecular weight is 311 g/mol. The quantitative estimate of drug-likeness (QED) is 0.681. The molecule has 0 saturated heterocycles. The molecule has 2 rings (SSSR count). The standard InChI is InChI=1S/C12H11BrN2O3/c1-15-11(17)8-3-2-7(6-9(8)12(15)18)14-10(16)4-5-13/h2-3,6H,4-5H2,1H3,(H,14,16). The van der Waals surface area contributed by atoms with E-state index in [0.717, 1.165) is 4.90 Å². The Hall–Kier alpha value is -1.69. The molecule has 94 valence electrons. The van der Waals surface area contributed by atoms with E-state index in [4.69, 9.17) is 0 Å². The first kappa shape index (κ1) is 12.8. The number of imide groups is 1. The summed E-state index contributed by atoms with van der Waals surface area (Å²) < 4.78 is 0. The molecular formula is C12H11BrN2O3. The molecule has 0 atom stereocenters. The van der Waals surface area contributed by atoms with Crippen molar-refractivity contribution < 1.29 is 14.4 Å². The van der Waals surface area contributed by atoms with E-state index in [9.17, 15) is 14.4 Å². The van der Waals surface area contributed by atoms with Crippen molar-refractivity contribution in [3.8, 4) is 0 Å². The smallest absolute Gasteiger partial charge is 0.261 e. The molecule has 0 unspecified atom stereocenters. The van der Waals surface area contributed by atoms with Gasteiger partial charge in [0.25, 0.3) is 11.8 Å². The number of alkyl halides is 1. The van der Waals surface area contributed by atoms with Crippen molar-refractivity contribution in [3.05, 3.63) is 29.3 Å². The molecule has 1 aromatic carbocycles. The SMILES string of the molecule is CN1C(=O)c2ccc(NC(=O)CCBr)cc2C1=O. The second-order valence-corrected chi connectivity index (χ2v) is 4.71. The van der Waals surface area contributed by atoms with Crippen LogP contribution in [0.25, 0.3) is 0 Å². The van der Waals surface area contributed by atoms with Gasteiger partial charge >= 0.3 is 0 Å². The minimum absolute atomic E-state index is 0.142. The van der Waals surface area contributed by atoms with Crippen LogP contribution in [0.5, 0.6) is 0 Å². The molecule has 1 N–H and O–H groups in total. The van der Waals surface area contributed by atoms with Crippen LogP contribution in [0, 0.1) is 0 Å². The van der Waals surface area contributed by atoms with E-state index in [-0.39, 0.29) is 17.7 Å². The van der Waals surface area contributed by atoms with Gasteiger partial charge in [-0.25, -0.2) is 0 Å². The number of fused-ring (bicyclic) bond motifs is 1. The Bertz CT molecular complexity index is 542. The Morgan fingerprint density at radius 2 is 1.94 bits per heavy atom. The van der Waals surface area contributed by atoms with Crippen molar-refractivity contribution >= 4 is 39.3 Å². The third-order valence-corrected chi connectivity index (χ3v) is 3.09. The second-order valence-electron chi connectivity index (χ2n) is 3.92. The summed E-state index contributed by atoms with van der Waals surface area (Å²) in [4.78, 5) is 35.9. The molecule has 0 spiro atoms. The largest absolute Gasteiger partial charge is 0.326 e. The minimum atomic E-state index is -0.341. The van der Waals surface area contributed by atoms with Crippen LogP contribution in [-0.2, 0) is 4.79 Å². The normalized spacial score (nSPS) is 13.8. The number of nitrogens with zero attached hydrogens (tertiary/aromatic N) is 1. The predicted octanol–water partition coefficient (Wildman–Crippen LogP) is 1.64. The van der Waals surface area contributed by atoms with Gasteiger partial charge in [-0.1, -0.05) is 15.9 Å². The summed E-state index contributed by atoms with van der Waals surface area (Å²) in [6.07, 6.45) is 0.351. The van der Waals surface area contributed by atoms with E-state index >= 15 is 0 Å². The highest BCUT2D eigenvalue weighted by Crippen LogP contribution is 2.24. The zero-order valence-corrected chi connectivity index (χ0v) is 11.3. The van der Waals surface area contributed by atoms with E-state index in [0.29, 0.717) is 28.6 Å². The highest BCUT2D eigenvalue weighted by molar-refractivity contribution is 9.09. The van der Waals surface area contributed by atoms with Crippen molar-refractivity contribution in [1.29, 1.82) is 0 Å². The van der Waals surface area contributed by atoms with E-state index in [1.54, 1.807) is 12.1 Å². The fraction of sp³-hybridized carbons (Fsp3) is 0.250. The first-order chi connectivity index (χ1) is 8.54. The Morgan fingerprint density at radius 3 is 2.61 bits per heavy atom. The third-order valence-electron chi connectivity index (χ3n) is 2.69. The number of hydrogen-bond donors (Lipinski definition) is 1. The van der Waals surface area contributed by atoms with Crippen molar-refractivity contribution in [2.45, 2.75) is 6.42 Å². The first-order valence-corrected chi connectivity index (χ1v) is 6.49. The number of rotatable bonds is 3. The predicted molar refractivity (Wildman–Crippen MR) is 69.9 cm³/mol. The summed E-state index contributed by atoms with van der Waals surface area (Å²) in [5.41, 5.74) is 1.23. The lowest BCUT2D eigenvalue weighted by atomic mass is 10.1. The monoisotopic (exact) mass is 310 g/mol. The van der Waals surface area contributed by atoms with Crippen LogP contribution in [0.3, 0.4) is 0 Å². The fourth-order valence-corrected chi connectivity index (χ4v) is 2.11. The van der Waals surface area contributed by atoms with E-state index < -0.39 is 0 Å². The number of amides is 3. The molecule has 0 aromatic heterocycles. The van der Waals surface area contributed by atoms with E-state index in [1.165, 1.54) is 13.1 Å². The Labute approximate surface area is 112 Å². The molecule has 0 saturated carbocycles. The van der Waals surface area contributed by atoms with Gasteiger partial charge in [-0.2, -0.15) is 0 Å². The van der Waals surface area contributed by atoms with Crippen molar-refractivity contribution in [2.24, 2.45) is 0 Å². The highest BCUT2D eigenvalue weighted by atomic mass is 79.9. The number of hydrogen-bond acceptors (Lipinski definition) is 3. The maximum absolute atomic E-state index is 11.8. The van der Waals surface area contributed by atoms with Gasteiger partial charge in [-0.05, 0) is 18.2 Å². The average Bonchev–Trinajstić information content (AvgIpc) is 2.55. The fourth-order valence-electron chi connectivity index (χ4n) is 1.75. The molecular weight excluding hydrogens is 300 g/mol. The van der Waals surface area contributed by atoms with Gasteiger partial charge in [0.15, 0.2) is 0 Å². The number of halogens is 1. The number of nitrogens with one attached hydrogen (secondary N) is 1. The Morgan fingerprint density at radius 1 is 1.28 bits per heavy atom. The summed E-state index contributed by atoms with van der Waals surface area (Å²) in [6.45, 7) is 0. The topological polar surface area (TPSA) is 66.5 Å². The molecule has 0 bridgehead atoms. The van der Waals surface area contributed by atoms with Crippen LogP contribution in [-0.4, -0.2) is 35.0 Å². The molecule has 18 heavy (non-hydrogen) atoms. The molecule has 0 fully saturated rings. The Balaban J connectivity index is 2.27. The molecule has 1 aromatic rings. The maximum atomic E-state index is 11.8. The minimum Gasteiger partial charge on any atom is -0.326 e. The van der Waals surface area contributed by atoms with E-state index in [2.05, 4.69) is 21.2 Å². The van der Waals surface area contributed by atoms with Crippen LogP contribution in [0.4, 0.5) is 5.69 Å². The lowest BCUT2D eigenvalue weighted by Gasteiger charge is -2.05. The molecule has 1 heterocycles. The van der Waals surface area contributed by atoms with Gasteiger partial charge in [0, 0.05) is 24.5 Å². The number of carbonyl (C=O) groups excluding carboxylic acids is 3. The summed E-state index contributed by atoms with van der Waals surface area (Å²) in [5.74, 6) is -0.795. The van der Waals surface area contributed by atoms with Gasteiger partial charge in [0.1, 0.15) is 0 Å². The van der Waals surface area contributed by atoms with Gasteiger partial charge in [-0.3, -0.25) is 19.3 Å². The summed E-state index contributed by atoms with van der Waals surface area (Å²) >= 11 is 3.17. The van der Waals surface area contributed by atoms with E-state index in [1.807, 2.05) is 0 Å². The van der Waals surface area contributed by atoms with Crippen molar-refractivity contribution in [3.63, 3.8) is 0 Å². The molecule has 1 aliphatic heterocycles. The zero-order valence-electron chi connectivity index (χ0n) is 9.70. The van der Waals surface area contributed by atoms with Gasteiger partial charge in [-0.15, -0.1) is 0 Å². The lowest BCUT2D eigenvalue weighted by Crippen LogP contribution is -2.24. The molecule has 1 aliphatic rings. The first-order valence-electron chi connectivity index (χ1n) is 5.37. The van der Waals surface area contributed by atoms with Crippen LogP contribution < -0.4 is 5.32 Å². The number of benzene rings is 1.